The third-order valence-electron chi connectivity index (χ3n) is 3.34. The predicted molar refractivity (Wildman–Crippen MR) is 60.5 cm³/mol. The van der Waals surface area contributed by atoms with Crippen molar-refractivity contribution >= 4 is 11.9 Å². The highest BCUT2D eigenvalue weighted by molar-refractivity contribution is 5.99. The Bertz CT molecular complexity index is 283. The lowest BCUT2D eigenvalue weighted by Crippen LogP contribution is -2.42. The lowest BCUT2D eigenvalue weighted by Gasteiger charge is -2.27. The van der Waals surface area contributed by atoms with Crippen LogP contribution < -0.4 is 0 Å². The summed E-state index contributed by atoms with van der Waals surface area (Å²) in [5.74, 6) is -1.58. The quantitative estimate of drug-likeness (QED) is 0.565. The van der Waals surface area contributed by atoms with Gasteiger partial charge in [-0.3, -0.25) is 9.59 Å². The van der Waals surface area contributed by atoms with Gasteiger partial charge >= 0.3 is 11.9 Å². The molecular weight excluding hydrogens is 224 g/mol. The van der Waals surface area contributed by atoms with E-state index in [4.69, 9.17) is 9.47 Å². The van der Waals surface area contributed by atoms with E-state index in [2.05, 4.69) is 0 Å². The SMILES string of the molecule is CCOC(=O)C(CC)(CC1CCOC1)C(=O)O. The van der Waals surface area contributed by atoms with Crippen LogP contribution in [0.2, 0.25) is 0 Å². The van der Waals surface area contributed by atoms with Gasteiger partial charge in [-0.2, -0.15) is 0 Å². The number of ether oxygens (including phenoxy) is 2. The second-order valence-electron chi connectivity index (χ2n) is 4.40. The molecule has 0 aromatic heterocycles. The summed E-state index contributed by atoms with van der Waals surface area (Å²) < 4.78 is 10.1. The summed E-state index contributed by atoms with van der Waals surface area (Å²) in [4.78, 5) is 23.3. The Labute approximate surface area is 101 Å². The van der Waals surface area contributed by atoms with E-state index in [1.165, 1.54) is 0 Å². The molecule has 5 nitrogen and oxygen atoms in total. The van der Waals surface area contributed by atoms with Gasteiger partial charge in [0, 0.05) is 13.2 Å². The number of hydrogen-bond donors (Lipinski definition) is 1. The van der Waals surface area contributed by atoms with Crippen molar-refractivity contribution in [1.82, 2.24) is 0 Å². The van der Waals surface area contributed by atoms with Gasteiger partial charge in [0.15, 0.2) is 5.41 Å². The van der Waals surface area contributed by atoms with E-state index in [0.29, 0.717) is 19.6 Å². The third-order valence-corrected chi connectivity index (χ3v) is 3.34. The molecule has 2 atom stereocenters. The van der Waals surface area contributed by atoms with Crippen LogP contribution in [0.1, 0.15) is 33.1 Å². The van der Waals surface area contributed by atoms with Crippen LogP contribution in [-0.2, 0) is 19.1 Å². The van der Waals surface area contributed by atoms with Crippen LogP contribution in [0.3, 0.4) is 0 Å². The Kier molecular flexibility index (Phi) is 4.93. The van der Waals surface area contributed by atoms with E-state index in [0.717, 1.165) is 6.42 Å². The van der Waals surface area contributed by atoms with Crippen LogP contribution in [0.4, 0.5) is 0 Å². The molecular formula is C12H20O5. The lowest BCUT2D eigenvalue weighted by molar-refractivity contribution is -0.170. The molecule has 1 aliphatic heterocycles. The maximum Gasteiger partial charge on any atom is 0.323 e. The monoisotopic (exact) mass is 244 g/mol. The van der Waals surface area contributed by atoms with Crippen LogP contribution in [0.5, 0.6) is 0 Å². The predicted octanol–water partition coefficient (Wildman–Crippen LogP) is 1.46. The number of carbonyl (C=O) groups is 2. The first-order valence-corrected chi connectivity index (χ1v) is 6.05. The fraction of sp³-hybridized carbons (Fsp3) is 0.833. The number of carbonyl (C=O) groups excluding carboxylic acids is 1. The van der Waals surface area contributed by atoms with Gasteiger partial charge in [0.2, 0.25) is 0 Å². The van der Waals surface area contributed by atoms with Gasteiger partial charge < -0.3 is 14.6 Å². The van der Waals surface area contributed by atoms with E-state index in [1.807, 2.05) is 0 Å². The first-order valence-electron chi connectivity index (χ1n) is 6.05. The van der Waals surface area contributed by atoms with E-state index in [1.54, 1.807) is 13.8 Å². The van der Waals surface area contributed by atoms with Crippen molar-refractivity contribution in [2.45, 2.75) is 33.1 Å². The minimum Gasteiger partial charge on any atom is -0.480 e. The van der Waals surface area contributed by atoms with Gasteiger partial charge in [0.25, 0.3) is 0 Å². The largest absolute Gasteiger partial charge is 0.480 e. The van der Waals surface area contributed by atoms with Gasteiger partial charge in [-0.05, 0) is 32.1 Å². The second kappa shape index (κ2) is 6.00. The summed E-state index contributed by atoms with van der Waals surface area (Å²) in [6, 6.07) is 0. The first-order chi connectivity index (χ1) is 8.06. The van der Waals surface area contributed by atoms with Crippen molar-refractivity contribution in [3.05, 3.63) is 0 Å². The number of carboxylic acids is 1. The maximum absolute atomic E-state index is 11.9. The zero-order chi connectivity index (χ0) is 12.9. The van der Waals surface area contributed by atoms with Gasteiger partial charge in [-0.1, -0.05) is 6.92 Å². The van der Waals surface area contributed by atoms with E-state index < -0.39 is 17.4 Å². The average molecular weight is 244 g/mol. The molecule has 1 rings (SSSR count). The molecule has 0 aromatic rings. The normalized spacial score (nSPS) is 23.1. The standard InChI is InChI=1S/C12H20O5/c1-3-12(10(13)14,11(15)17-4-2)7-9-5-6-16-8-9/h9H,3-8H2,1-2H3,(H,13,14). The summed E-state index contributed by atoms with van der Waals surface area (Å²) in [5, 5.41) is 9.34. The number of hydrogen-bond acceptors (Lipinski definition) is 4. The fourth-order valence-corrected chi connectivity index (χ4v) is 2.20. The Morgan fingerprint density at radius 1 is 1.47 bits per heavy atom. The van der Waals surface area contributed by atoms with Crippen molar-refractivity contribution in [1.29, 1.82) is 0 Å². The Morgan fingerprint density at radius 3 is 2.59 bits per heavy atom. The molecule has 98 valence electrons. The van der Waals surface area contributed by atoms with Gasteiger partial charge in [-0.25, -0.2) is 0 Å². The summed E-state index contributed by atoms with van der Waals surface area (Å²) in [5.41, 5.74) is -1.41. The topological polar surface area (TPSA) is 72.8 Å². The summed E-state index contributed by atoms with van der Waals surface area (Å²) in [7, 11) is 0. The molecule has 1 N–H and O–H groups in total. The van der Waals surface area contributed by atoms with Crippen molar-refractivity contribution in [2.24, 2.45) is 11.3 Å². The smallest absolute Gasteiger partial charge is 0.323 e. The van der Waals surface area contributed by atoms with E-state index in [-0.39, 0.29) is 18.9 Å². The van der Waals surface area contributed by atoms with Gasteiger partial charge in [0.1, 0.15) is 0 Å². The van der Waals surface area contributed by atoms with Crippen molar-refractivity contribution in [2.75, 3.05) is 19.8 Å². The summed E-state index contributed by atoms with van der Waals surface area (Å²) >= 11 is 0. The van der Waals surface area contributed by atoms with Crippen LogP contribution >= 0.6 is 0 Å². The Hall–Kier alpha value is -1.10. The van der Waals surface area contributed by atoms with Crippen LogP contribution in [0, 0.1) is 11.3 Å². The van der Waals surface area contributed by atoms with Crippen molar-refractivity contribution in [3.63, 3.8) is 0 Å². The first kappa shape index (κ1) is 14.0. The highest BCUT2D eigenvalue weighted by Crippen LogP contribution is 2.35. The van der Waals surface area contributed by atoms with E-state index >= 15 is 0 Å². The van der Waals surface area contributed by atoms with Gasteiger partial charge in [0.05, 0.1) is 6.61 Å². The molecule has 0 radical (unpaired) electrons. The summed E-state index contributed by atoms with van der Waals surface area (Å²) in [6.45, 7) is 4.77. The zero-order valence-electron chi connectivity index (χ0n) is 10.4. The highest BCUT2D eigenvalue weighted by Gasteiger charge is 2.47. The minimum atomic E-state index is -1.41. The number of rotatable bonds is 6. The molecule has 1 aliphatic rings. The number of carboxylic acid groups (broad SMARTS) is 1. The Balaban J connectivity index is 2.82. The minimum absolute atomic E-state index is 0.135. The molecule has 5 heteroatoms. The zero-order valence-corrected chi connectivity index (χ0v) is 10.4. The molecule has 0 aromatic carbocycles. The molecule has 0 bridgehead atoms. The highest BCUT2D eigenvalue weighted by atomic mass is 16.5. The summed E-state index contributed by atoms with van der Waals surface area (Å²) in [6.07, 6.45) is 1.36. The Morgan fingerprint density at radius 2 is 2.18 bits per heavy atom. The number of esters is 1. The molecule has 0 saturated carbocycles. The second-order valence-corrected chi connectivity index (χ2v) is 4.40. The lowest BCUT2D eigenvalue weighted by atomic mass is 9.76. The maximum atomic E-state index is 11.9. The van der Waals surface area contributed by atoms with Crippen molar-refractivity contribution in [3.8, 4) is 0 Å². The fourth-order valence-electron chi connectivity index (χ4n) is 2.20. The molecule has 0 spiro atoms. The van der Waals surface area contributed by atoms with Gasteiger partial charge in [-0.15, -0.1) is 0 Å². The molecule has 1 fully saturated rings. The molecule has 1 saturated heterocycles. The molecule has 17 heavy (non-hydrogen) atoms. The van der Waals surface area contributed by atoms with Crippen LogP contribution in [-0.4, -0.2) is 36.9 Å². The van der Waals surface area contributed by atoms with Crippen LogP contribution in [0.25, 0.3) is 0 Å². The van der Waals surface area contributed by atoms with E-state index in [9.17, 15) is 14.7 Å². The van der Waals surface area contributed by atoms with Crippen molar-refractivity contribution < 1.29 is 24.2 Å². The molecule has 0 aliphatic carbocycles. The third kappa shape index (κ3) is 2.97. The van der Waals surface area contributed by atoms with Crippen LogP contribution in [0.15, 0.2) is 0 Å². The average Bonchev–Trinajstić information content (AvgIpc) is 2.78. The molecule has 2 unspecified atom stereocenters. The molecule has 1 heterocycles. The molecule has 0 amide bonds. The number of aliphatic carboxylic acids is 1.